The Morgan fingerprint density at radius 2 is 1.72 bits per heavy atom. The van der Waals surface area contributed by atoms with Crippen LogP contribution in [0.5, 0.6) is 0 Å². The fourth-order valence-corrected chi connectivity index (χ4v) is 6.54. The minimum absolute atomic E-state index is 0.0832. The minimum Gasteiger partial charge on any atom is -0.298 e. The molecule has 0 aromatic carbocycles. The number of thioether (sulfide) groups is 1. The maximum Gasteiger partial charge on any atom is 0.433 e. The molecule has 5 rings (SSSR count). The number of hydrogen-bond acceptors (Lipinski definition) is 3. The minimum atomic E-state index is -4.40. The van der Waals surface area contributed by atoms with Crippen LogP contribution in [0.15, 0.2) is 18.3 Å². The predicted octanol–water partition coefficient (Wildman–Crippen LogP) is 5.12. The Hall–Kier alpha value is -1.04. The Balaban J connectivity index is 1.32. The van der Waals surface area contributed by atoms with Crippen LogP contribution in [0.4, 0.5) is 13.2 Å². The van der Waals surface area contributed by atoms with Crippen molar-refractivity contribution in [3.8, 4) is 0 Å². The lowest BCUT2D eigenvalue weighted by Gasteiger charge is -2.56. The number of rotatable bonds is 5. The van der Waals surface area contributed by atoms with Gasteiger partial charge in [-0.25, -0.2) is 0 Å². The van der Waals surface area contributed by atoms with Gasteiger partial charge in [-0.05, 0) is 67.9 Å². The normalized spacial score (nSPS) is 33.6. The summed E-state index contributed by atoms with van der Waals surface area (Å²) in [5.41, 5.74) is -0.220. The van der Waals surface area contributed by atoms with Crippen LogP contribution in [0.1, 0.15) is 49.8 Å². The lowest BCUT2D eigenvalue weighted by molar-refractivity contribution is -0.141. The van der Waals surface area contributed by atoms with E-state index in [-0.39, 0.29) is 5.41 Å². The zero-order valence-electron chi connectivity index (χ0n) is 14.0. The van der Waals surface area contributed by atoms with E-state index >= 15 is 0 Å². The molecular formula is C19H22F3NOS. The molecule has 4 bridgehead atoms. The van der Waals surface area contributed by atoms with Gasteiger partial charge in [-0.2, -0.15) is 13.2 Å². The largest absolute Gasteiger partial charge is 0.433 e. The molecule has 0 spiro atoms. The molecule has 0 atom stereocenters. The molecule has 0 amide bonds. The first-order valence-electron chi connectivity index (χ1n) is 8.97. The molecule has 2 nitrogen and oxygen atoms in total. The van der Waals surface area contributed by atoms with E-state index in [1.54, 1.807) is 0 Å². The number of alkyl halides is 3. The van der Waals surface area contributed by atoms with Crippen molar-refractivity contribution in [3.05, 3.63) is 29.6 Å². The van der Waals surface area contributed by atoms with Crippen molar-refractivity contribution in [2.45, 2.75) is 50.5 Å². The molecule has 4 aliphatic rings. The van der Waals surface area contributed by atoms with Crippen LogP contribution in [0.3, 0.4) is 0 Å². The number of carbonyl (C=O) groups is 1. The highest BCUT2D eigenvalue weighted by atomic mass is 32.2. The highest BCUT2D eigenvalue weighted by Gasteiger charge is 2.53. The van der Waals surface area contributed by atoms with Gasteiger partial charge in [0.05, 0.1) is 5.75 Å². The summed E-state index contributed by atoms with van der Waals surface area (Å²) in [5.74, 6) is 3.62. The lowest BCUT2D eigenvalue weighted by atomic mass is 9.48. The van der Waals surface area contributed by atoms with E-state index in [0.29, 0.717) is 17.3 Å². The molecule has 136 valence electrons. The quantitative estimate of drug-likeness (QED) is 0.722. The average Bonchev–Trinajstić information content (AvgIpc) is 2.53. The van der Waals surface area contributed by atoms with E-state index in [0.717, 1.165) is 48.6 Å². The fraction of sp³-hybridized carbons (Fsp3) is 0.684. The van der Waals surface area contributed by atoms with Crippen molar-refractivity contribution in [1.82, 2.24) is 4.98 Å². The van der Waals surface area contributed by atoms with Crippen molar-refractivity contribution >= 4 is 17.5 Å². The molecule has 6 heteroatoms. The van der Waals surface area contributed by atoms with Crippen molar-refractivity contribution in [1.29, 1.82) is 0 Å². The first-order valence-corrected chi connectivity index (χ1v) is 10.1. The van der Waals surface area contributed by atoms with Crippen LogP contribution in [0, 0.1) is 23.2 Å². The van der Waals surface area contributed by atoms with Gasteiger partial charge < -0.3 is 0 Å². The molecule has 1 aromatic heterocycles. The van der Waals surface area contributed by atoms with E-state index in [1.165, 1.54) is 43.3 Å². The number of carbonyl (C=O) groups excluding carboxylic acids is 1. The van der Waals surface area contributed by atoms with Gasteiger partial charge in [0, 0.05) is 17.4 Å². The Kier molecular flexibility index (Phi) is 4.37. The first kappa shape index (κ1) is 17.4. The second-order valence-electron chi connectivity index (χ2n) is 8.16. The van der Waals surface area contributed by atoms with Gasteiger partial charge in [0.2, 0.25) is 0 Å². The fourth-order valence-electron chi connectivity index (χ4n) is 5.54. The monoisotopic (exact) mass is 369 g/mol. The molecule has 0 saturated heterocycles. The first-order chi connectivity index (χ1) is 11.8. The summed E-state index contributed by atoms with van der Waals surface area (Å²) in [6, 6.07) is 2.47. The molecule has 0 radical (unpaired) electrons. The van der Waals surface area contributed by atoms with Crippen LogP contribution < -0.4 is 0 Å². The van der Waals surface area contributed by atoms with E-state index in [2.05, 4.69) is 4.98 Å². The van der Waals surface area contributed by atoms with Crippen molar-refractivity contribution in [3.63, 3.8) is 0 Å². The summed E-state index contributed by atoms with van der Waals surface area (Å²) >= 11 is 1.51. The molecule has 0 aliphatic heterocycles. The third-order valence-electron chi connectivity index (χ3n) is 6.25. The van der Waals surface area contributed by atoms with Gasteiger partial charge in [0.15, 0.2) is 0 Å². The van der Waals surface area contributed by atoms with E-state index in [9.17, 15) is 18.0 Å². The van der Waals surface area contributed by atoms with Gasteiger partial charge in [0.1, 0.15) is 11.5 Å². The third kappa shape index (κ3) is 3.46. The van der Waals surface area contributed by atoms with Crippen LogP contribution in [0.25, 0.3) is 0 Å². The van der Waals surface area contributed by atoms with Crippen molar-refractivity contribution in [2.75, 3.05) is 5.75 Å². The van der Waals surface area contributed by atoms with Crippen LogP contribution in [-0.2, 0) is 16.7 Å². The van der Waals surface area contributed by atoms with E-state index in [1.807, 2.05) is 0 Å². The molecule has 4 fully saturated rings. The topological polar surface area (TPSA) is 30.0 Å². The highest BCUT2D eigenvalue weighted by Crippen LogP contribution is 2.60. The van der Waals surface area contributed by atoms with Crippen molar-refractivity contribution < 1.29 is 18.0 Å². The summed E-state index contributed by atoms with van der Waals surface area (Å²) in [4.78, 5) is 16.4. The summed E-state index contributed by atoms with van der Waals surface area (Å²) < 4.78 is 37.6. The molecule has 0 unspecified atom stereocenters. The van der Waals surface area contributed by atoms with Crippen LogP contribution >= 0.6 is 11.8 Å². The smallest absolute Gasteiger partial charge is 0.298 e. The van der Waals surface area contributed by atoms with Gasteiger partial charge >= 0.3 is 6.18 Å². The van der Waals surface area contributed by atoms with Gasteiger partial charge in [0.25, 0.3) is 0 Å². The molecular weight excluding hydrogens is 347 g/mol. The summed E-state index contributed by atoms with van der Waals surface area (Å²) in [6.45, 7) is 0. The number of aromatic nitrogens is 1. The second-order valence-corrected chi connectivity index (χ2v) is 9.15. The summed E-state index contributed by atoms with van der Waals surface area (Å²) in [6.07, 6.45) is 4.02. The Bertz CT molecular complexity index is 620. The van der Waals surface area contributed by atoms with Crippen molar-refractivity contribution in [2.24, 2.45) is 23.2 Å². The third-order valence-corrected chi connectivity index (χ3v) is 7.25. The molecule has 4 saturated carbocycles. The molecule has 1 heterocycles. The SMILES string of the molecule is O=C(CSCc1ccc(C(F)(F)F)nc1)C12CC3CC(CC(C3)C1)C2. The Labute approximate surface area is 150 Å². The van der Waals surface area contributed by atoms with Gasteiger partial charge in [-0.3, -0.25) is 9.78 Å². The van der Waals surface area contributed by atoms with Crippen LogP contribution in [-0.4, -0.2) is 16.5 Å². The highest BCUT2D eigenvalue weighted by molar-refractivity contribution is 7.99. The lowest BCUT2D eigenvalue weighted by Crippen LogP contribution is -2.50. The molecule has 1 aromatic rings. The Morgan fingerprint density at radius 3 is 2.20 bits per heavy atom. The zero-order chi connectivity index (χ0) is 17.7. The van der Waals surface area contributed by atoms with E-state index in [4.69, 9.17) is 0 Å². The molecule has 25 heavy (non-hydrogen) atoms. The number of halogens is 3. The number of pyridine rings is 1. The summed E-state index contributed by atoms with van der Waals surface area (Å²) in [7, 11) is 0. The van der Waals surface area contributed by atoms with Gasteiger partial charge in [-0.15, -0.1) is 11.8 Å². The number of nitrogens with zero attached hydrogens (tertiary/aromatic N) is 1. The van der Waals surface area contributed by atoms with Crippen LogP contribution in [0.2, 0.25) is 0 Å². The molecule has 4 aliphatic carbocycles. The maximum atomic E-state index is 12.9. The average molecular weight is 369 g/mol. The maximum absolute atomic E-state index is 12.9. The summed E-state index contributed by atoms with van der Waals surface area (Å²) in [5, 5.41) is 0. The number of hydrogen-bond donors (Lipinski definition) is 0. The number of ketones is 1. The van der Waals surface area contributed by atoms with E-state index < -0.39 is 11.9 Å². The second kappa shape index (κ2) is 6.29. The number of Topliss-reactive ketones (excluding diaryl/α,β-unsaturated/α-hetero) is 1. The predicted molar refractivity (Wildman–Crippen MR) is 91.0 cm³/mol. The van der Waals surface area contributed by atoms with Gasteiger partial charge in [-0.1, -0.05) is 6.07 Å². The molecule has 0 N–H and O–H groups in total. The Morgan fingerprint density at radius 1 is 1.12 bits per heavy atom. The standard InChI is InChI=1S/C19H22F3NOS/c20-19(21,22)16-2-1-12(9-23-16)10-25-11-17(24)18-6-13-3-14(7-18)5-15(4-13)8-18/h1-2,9,13-15H,3-8,10-11H2. The zero-order valence-corrected chi connectivity index (χ0v) is 14.8.